The Morgan fingerprint density at radius 2 is 1.70 bits per heavy atom. The first kappa shape index (κ1) is 16.9. The third-order valence-corrected chi connectivity index (χ3v) is 5.69. The Labute approximate surface area is 141 Å². The van der Waals surface area contributed by atoms with Gasteiger partial charge in [0.1, 0.15) is 0 Å². The zero-order chi connectivity index (χ0) is 16.1. The van der Waals surface area contributed by atoms with Crippen molar-refractivity contribution in [3.63, 3.8) is 0 Å². The van der Waals surface area contributed by atoms with Gasteiger partial charge in [-0.15, -0.1) is 0 Å². The molecule has 0 unspecified atom stereocenters. The highest BCUT2D eigenvalue weighted by atomic mass is 16.3. The van der Waals surface area contributed by atoms with Gasteiger partial charge in [-0.05, 0) is 62.7 Å². The average Bonchev–Trinajstić information content (AvgIpc) is 2.61. The molecule has 1 N–H and O–H groups in total. The summed E-state index contributed by atoms with van der Waals surface area (Å²) in [5, 5.41) is 10.6. The van der Waals surface area contributed by atoms with Crippen molar-refractivity contribution >= 4 is 0 Å². The van der Waals surface area contributed by atoms with Crippen molar-refractivity contribution in [3.8, 4) is 0 Å². The molecule has 2 aliphatic rings. The maximum atomic E-state index is 10.6. The minimum Gasteiger partial charge on any atom is -0.388 e. The first-order valence-corrected chi connectivity index (χ1v) is 9.40. The van der Waals surface area contributed by atoms with Crippen LogP contribution in [0.15, 0.2) is 30.3 Å². The van der Waals surface area contributed by atoms with Crippen LogP contribution in [0.4, 0.5) is 0 Å². The summed E-state index contributed by atoms with van der Waals surface area (Å²) in [5.74, 6) is 1.29. The van der Waals surface area contributed by atoms with Gasteiger partial charge in [-0.3, -0.25) is 0 Å². The second-order valence-corrected chi connectivity index (χ2v) is 7.58. The summed E-state index contributed by atoms with van der Waals surface area (Å²) in [6.07, 6.45) is 4.71. The van der Waals surface area contributed by atoms with E-state index in [1.165, 1.54) is 39.0 Å². The number of aliphatic hydroxyl groups is 1. The van der Waals surface area contributed by atoms with E-state index in [9.17, 15) is 5.11 Å². The van der Waals surface area contributed by atoms with E-state index in [0.717, 1.165) is 37.4 Å². The van der Waals surface area contributed by atoms with E-state index in [0.29, 0.717) is 5.92 Å². The molecule has 3 nitrogen and oxygen atoms in total. The molecule has 0 bridgehead atoms. The summed E-state index contributed by atoms with van der Waals surface area (Å²) in [6, 6.07) is 10.2. The van der Waals surface area contributed by atoms with Crippen molar-refractivity contribution in [2.45, 2.75) is 38.7 Å². The van der Waals surface area contributed by atoms with Gasteiger partial charge in [-0.25, -0.2) is 0 Å². The second kappa shape index (κ2) is 8.27. The van der Waals surface area contributed by atoms with Crippen molar-refractivity contribution in [1.82, 2.24) is 9.80 Å². The Balaban J connectivity index is 1.40. The van der Waals surface area contributed by atoms with Crippen LogP contribution >= 0.6 is 0 Å². The fraction of sp³-hybridized carbons (Fsp3) is 0.700. The lowest BCUT2D eigenvalue weighted by Gasteiger charge is -2.37. The predicted octanol–water partition coefficient (Wildman–Crippen LogP) is 3.16. The molecule has 0 spiro atoms. The Hall–Kier alpha value is -0.900. The van der Waals surface area contributed by atoms with Gasteiger partial charge in [-0.2, -0.15) is 0 Å². The number of piperidine rings is 2. The van der Waals surface area contributed by atoms with E-state index in [1.807, 2.05) is 18.2 Å². The Bertz CT molecular complexity index is 456. The molecule has 0 radical (unpaired) electrons. The standard InChI is InChI=1S/C20H32N2O/c1-17-6-5-11-22(16-17)15-14-21-12-9-19(10-13-21)20(23)18-7-3-2-4-8-18/h2-4,7-8,17,19-20,23H,5-6,9-16H2,1H3/t17-,20+/m0/s1. The van der Waals surface area contributed by atoms with E-state index < -0.39 is 0 Å². The molecule has 0 aliphatic carbocycles. The van der Waals surface area contributed by atoms with Gasteiger partial charge in [0.2, 0.25) is 0 Å². The number of hydrogen-bond donors (Lipinski definition) is 1. The summed E-state index contributed by atoms with van der Waals surface area (Å²) in [5.41, 5.74) is 1.08. The molecule has 3 heteroatoms. The zero-order valence-electron chi connectivity index (χ0n) is 14.5. The molecule has 2 aliphatic heterocycles. The van der Waals surface area contributed by atoms with Crippen LogP contribution in [0.25, 0.3) is 0 Å². The van der Waals surface area contributed by atoms with Crippen LogP contribution in [-0.4, -0.2) is 54.2 Å². The van der Waals surface area contributed by atoms with Crippen LogP contribution in [-0.2, 0) is 0 Å². The van der Waals surface area contributed by atoms with Gasteiger partial charge >= 0.3 is 0 Å². The van der Waals surface area contributed by atoms with E-state index >= 15 is 0 Å². The first-order valence-electron chi connectivity index (χ1n) is 9.40. The maximum absolute atomic E-state index is 10.6. The van der Waals surface area contributed by atoms with E-state index in [4.69, 9.17) is 0 Å². The molecule has 2 saturated heterocycles. The SMILES string of the molecule is C[C@H]1CCCN(CCN2CCC([C@H](O)c3ccccc3)CC2)C1. The number of benzene rings is 1. The third-order valence-electron chi connectivity index (χ3n) is 5.69. The molecule has 3 rings (SSSR count). The number of hydrogen-bond acceptors (Lipinski definition) is 3. The van der Waals surface area contributed by atoms with E-state index in [-0.39, 0.29) is 6.10 Å². The van der Waals surface area contributed by atoms with Crippen LogP contribution in [0.5, 0.6) is 0 Å². The zero-order valence-corrected chi connectivity index (χ0v) is 14.5. The number of rotatable bonds is 5. The van der Waals surface area contributed by atoms with Crippen LogP contribution in [0.3, 0.4) is 0 Å². The molecular formula is C20H32N2O. The minimum atomic E-state index is -0.290. The van der Waals surface area contributed by atoms with Gasteiger partial charge in [0.05, 0.1) is 6.10 Å². The van der Waals surface area contributed by atoms with Crippen LogP contribution in [0.1, 0.15) is 44.3 Å². The monoisotopic (exact) mass is 316 g/mol. The molecule has 1 aromatic rings. The average molecular weight is 316 g/mol. The molecule has 0 aromatic heterocycles. The molecule has 23 heavy (non-hydrogen) atoms. The Morgan fingerprint density at radius 3 is 2.39 bits per heavy atom. The molecule has 2 fully saturated rings. The van der Waals surface area contributed by atoms with Gasteiger partial charge in [-0.1, -0.05) is 37.3 Å². The molecule has 1 aromatic carbocycles. The van der Waals surface area contributed by atoms with Crippen LogP contribution in [0.2, 0.25) is 0 Å². The van der Waals surface area contributed by atoms with E-state index in [2.05, 4.69) is 28.9 Å². The second-order valence-electron chi connectivity index (χ2n) is 7.58. The molecule has 2 atom stereocenters. The highest BCUT2D eigenvalue weighted by molar-refractivity contribution is 5.18. The number of nitrogens with zero attached hydrogens (tertiary/aromatic N) is 2. The topological polar surface area (TPSA) is 26.7 Å². The lowest BCUT2D eigenvalue weighted by molar-refractivity contribution is 0.0538. The maximum Gasteiger partial charge on any atom is 0.0819 e. The normalized spacial score (nSPS) is 26.3. The lowest BCUT2D eigenvalue weighted by Crippen LogP contribution is -2.43. The fourth-order valence-corrected chi connectivity index (χ4v) is 4.19. The molecular weight excluding hydrogens is 284 g/mol. The van der Waals surface area contributed by atoms with Gasteiger partial charge in [0.25, 0.3) is 0 Å². The largest absolute Gasteiger partial charge is 0.388 e. The van der Waals surface area contributed by atoms with Gasteiger partial charge < -0.3 is 14.9 Å². The highest BCUT2D eigenvalue weighted by Crippen LogP contribution is 2.30. The van der Waals surface area contributed by atoms with Crippen LogP contribution < -0.4 is 0 Å². The molecule has 2 heterocycles. The third kappa shape index (κ3) is 4.79. The summed E-state index contributed by atoms with van der Waals surface area (Å²) in [7, 11) is 0. The van der Waals surface area contributed by atoms with Gasteiger partial charge in [0, 0.05) is 19.6 Å². The quantitative estimate of drug-likeness (QED) is 0.904. The van der Waals surface area contributed by atoms with Crippen molar-refractivity contribution in [1.29, 1.82) is 0 Å². The molecule has 0 amide bonds. The Morgan fingerprint density at radius 1 is 1.00 bits per heavy atom. The summed E-state index contributed by atoms with van der Waals surface area (Å²) in [6.45, 7) is 9.63. The van der Waals surface area contributed by atoms with Crippen molar-refractivity contribution in [2.75, 3.05) is 39.3 Å². The summed E-state index contributed by atoms with van der Waals surface area (Å²) >= 11 is 0. The molecule has 0 saturated carbocycles. The highest BCUT2D eigenvalue weighted by Gasteiger charge is 2.26. The lowest BCUT2D eigenvalue weighted by atomic mass is 9.87. The Kier molecular flexibility index (Phi) is 6.09. The molecule has 128 valence electrons. The summed E-state index contributed by atoms with van der Waals surface area (Å²) < 4.78 is 0. The first-order chi connectivity index (χ1) is 11.2. The van der Waals surface area contributed by atoms with E-state index in [1.54, 1.807) is 0 Å². The predicted molar refractivity (Wildman–Crippen MR) is 95.4 cm³/mol. The van der Waals surface area contributed by atoms with Crippen molar-refractivity contribution in [2.24, 2.45) is 11.8 Å². The fourth-order valence-electron chi connectivity index (χ4n) is 4.19. The smallest absolute Gasteiger partial charge is 0.0819 e. The number of likely N-dealkylation sites (tertiary alicyclic amines) is 2. The van der Waals surface area contributed by atoms with Crippen LogP contribution in [0, 0.1) is 11.8 Å². The van der Waals surface area contributed by atoms with Crippen molar-refractivity contribution < 1.29 is 5.11 Å². The number of aliphatic hydroxyl groups excluding tert-OH is 1. The van der Waals surface area contributed by atoms with Crippen molar-refractivity contribution in [3.05, 3.63) is 35.9 Å². The summed E-state index contributed by atoms with van der Waals surface area (Å²) in [4.78, 5) is 5.23. The minimum absolute atomic E-state index is 0.290. The van der Waals surface area contributed by atoms with Gasteiger partial charge in [0.15, 0.2) is 0 Å².